The molecule has 2 aromatic heterocycles. The molecule has 2 nitrogen and oxygen atoms in total. The van der Waals surface area contributed by atoms with Gasteiger partial charge in [-0.05, 0) is 79.5 Å². The van der Waals surface area contributed by atoms with Crippen LogP contribution < -0.4 is 0 Å². The lowest BCUT2D eigenvalue weighted by atomic mass is 9.93. The molecule has 220 valence electrons. The Morgan fingerprint density at radius 2 is 1.15 bits per heavy atom. The number of thiazole rings is 1. The zero-order valence-corrected chi connectivity index (χ0v) is 26.5. The molecule has 2 aliphatic rings. The Balaban J connectivity index is 1.14. The van der Waals surface area contributed by atoms with Crippen molar-refractivity contribution in [1.82, 2.24) is 9.55 Å². The lowest BCUT2D eigenvalue weighted by Gasteiger charge is -2.15. The van der Waals surface area contributed by atoms with E-state index in [0.29, 0.717) is 0 Å². The first-order valence-corrected chi connectivity index (χ1v) is 17.3. The van der Waals surface area contributed by atoms with Crippen LogP contribution in [0.1, 0.15) is 0 Å². The van der Waals surface area contributed by atoms with Crippen molar-refractivity contribution in [2.24, 2.45) is 0 Å². The predicted octanol–water partition coefficient (Wildman–Crippen LogP) is 12.7. The summed E-state index contributed by atoms with van der Waals surface area (Å²) < 4.78 is 2.49. The molecule has 0 aliphatic heterocycles. The minimum atomic E-state index is 1.08. The van der Waals surface area contributed by atoms with Gasteiger partial charge in [0.05, 0.1) is 21.6 Å². The van der Waals surface area contributed by atoms with Gasteiger partial charge in [-0.2, -0.15) is 0 Å². The lowest BCUT2D eigenvalue weighted by molar-refractivity contribution is 1.19. The molecular formula is C45H24N2S. The highest BCUT2D eigenvalue weighted by atomic mass is 32.1. The second kappa shape index (κ2) is 8.86. The normalized spacial score (nSPS) is 12.6. The quantitative estimate of drug-likeness (QED) is 0.175. The van der Waals surface area contributed by atoms with Crippen molar-refractivity contribution in [2.75, 3.05) is 0 Å². The van der Waals surface area contributed by atoms with Crippen LogP contribution in [0.2, 0.25) is 0 Å². The monoisotopic (exact) mass is 624 g/mol. The van der Waals surface area contributed by atoms with Gasteiger partial charge < -0.3 is 4.57 Å². The van der Waals surface area contributed by atoms with E-state index < -0.39 is 0 Å². The van der Waals surface area contributed by atoms with Gasteiger partial charge in [0.1, 0.15) is 5.01 Å². The Morgan fingerprint density at radius 3 is 2.02 bits per heavy atom. The summed E-state index contributed by atoms with van der Waals surface area (Å²) in [6, 6.07) is 53.8. The fourth-order valence-corrected chi connectivity index (χ4v) is 9.83. The van der Waals surface area contributed by atoms with Crippen molar-refractivity contribution >= 4 is 65.5 Å². The van der Waals surface area contributed by atoms with Crippen molar-refractivity contribution in [3.05, 3.63) is 146 Å². The molecule has 48 heavy (non-hydrogen) atoms. The summed E-state index contributed by atoms with van der Waals surface area (Å²) in [7, 11) is 0. The lowest BCUT2D eigenvalue weighted by Crippen LogP contribution is -1.95. The highest BCUT2D eigenvalue weighted by Crippen LogP contribution is 2.53. The first-order chi connectivity index (χ1) is 23.8. The summed E-state index contributed by atoms with van der Waals surface area (Å²) in [5.74, 6) is 0. The molecule has 2 heterocycles. The van der Waals surface area contributed by atoms with Gasteiger partial charge in [0.25, 0.3) is 0 Å². The number of fused-ring (bicyclic) bond motifs is 8. The van der Waals surface area contributed by atoms with Gasteiger partial charge in [-0.1, -0.05) is 115 Å². The second-order valence-electron chi connectivity index (χ2n) is 13.1. The van der Waals surface area contributed by atoms with Crippen LogP contribution in [-0.4, -0.2) is 9.55 Å². The zero-order chi connectivity index (χ0) is 31.1. The van der Waals surface area contributed by atoms with E-state index in [9.17, 15) is 0 Å². The average molecular weight is 625 g/mol. The largest absolute Gasteiger partial charge is 0.309 e. The second-order valence-corrected chi connectivity index (χ2v) is 14.1. The van der Waals surface area contributed by atoms with Crippen molar-refractivity contribution in [2.45, 2.75) is 0 Å². The van der Waals surface area contributed by atoms with Crippen molar-refractivity contribution < 1.29 is 0 Å². The van der Waals surface area contributed by atoms with Crippen LogP contribution >= 0.6 is 11.3 Å². The summed E-state index contributed by atoms with van der Waals surface area (Å²) in [5, 5.41) is 11.5. The molecule has 12 rings (SSSR count). The first kappa shape index (κ1) is 25.1. The maximum Gasteiger partial charge on any atom is 0.124 e. The van der Waals surface area contributed by atoms with Crippen molar-refractivity contribution in [3.8, 4) is 60.2 Å². The smallest absolute Gasteiger partial charge is 0.124 e. The minimum absolute atomic E-state index is 1.08. The van der Waals surface area contributed by atoms with Crippen LogP contribution in [0.4, 0.5) is 0 Å². The van der Waals surface area contributed by atoms with E-state index in [4.69, 9.17) is 4.98 Å². The van der Waals surface area contributed by atoms with Crippen LogP contribution in [0, 0.1) is 0 Å². The molecule has 0 unspecified atom stereocenters. The van der Waals surface area contributed by atoms with Crippen LogP contribution in [0.3, 0.4) is 0 Å². The van der Waals surface area contributed by atoms with E-state index in [0.717, 1.165) is 10.7 Å². The zero-order valence-electron chi connectivity index (χ0n) is 25.7. The van der Waals surface area contributed by atoms with Crippen molar-refractivity contribution in [1.29, 1.82) is 0 Å². The third-order valence-corrected chi connectivity index (χ3v) is 11.8. The molecule has 0 amide bonds. The third-order valence-electron chi connectivity index (χ3n) is 10.7. The molecule has 0 saturated heterocycles. The maximum atomic E-state index is 5.21. The van der Waals surface area contributed by atoms with Crippen LogP contribution in [0.25, 0.3) is 114 Å². The molecule has 0 spiro atoms. The van der Waals surface area contributed by atoms with E-state index in [2.05, 4.69) is 150 Å². The average Bonchev–Trinajstić information content (AvgIpc) is 3.79. The summed E-state index contributed by atoms with van der Waals surface area (Å²) in [6.45, 7) is 0. The number of benzene rings is 8. The van der Waals surface area contributed by atoms with E-state index in [-0.39, 0.29) is 0 Å². The van der Waals surface area contributed by atoms with Gasteiger partial charge in [-0.25, -0.2) is 4.98 Å². The Morgan fingerprint density at radius 1 is 0.438 bits per heavy atom. The van der Waals surface area contributed by atoms with E-state index in [1.54, 1.807) is 11.3 Å². The maximum absolute atomic E-state index is 5.21. The topological polar surface area (TPSA) is 17.8 Å². The van der Waals surface area contributed by atoms with Gasteiger partial charge in [-0.15, -0.1) is 11.3 Å². The number of rotatable bonds is 2. The molecule has 0 N–H and O–H groups in total. The molecule has 0 bridgehead atoms. The van der Waals surface area contributed by atoms with Crippen molar-refractivity contribution in [3.63, 3.8) is 0 Å². The van der Waals surface area contributed by atoms with Gasteiger partial charge in [-0.3, -0.25) is 0 Å². The highest BCUT2D eigenvalue weighted by Gasteiger charge is 2.28. The highest BCUT2D eigenvalue weighted by molar-refractivity contribution is 7.19. The molecule has 0 saturated carbocycles. The molecule has 0 radical (unpaired) electrons. The SMILES string of the molecule is c1ccc(-c2nc3c(s2)-c2cccc4c2c-3cc2ccc(-n3c5cccc6c5c5c7c(cccc7ccc53)-c3ccccc3-6)cc24)cc1. The van der Waals surface area contributed by atoms with Crippen LogP contribution in [-0.2, 0) is 0 Å². The molecule has 3 heteroatoms. The standard InChI is InChI=1S/C45H24N2S/c1-2-9-26(10-3-1)45-46-43-36-23-27-19-21-28(24-35(27)33-15-7-17-34(40(33)36)44(43)48-45)47-37-18-8-16-32-30-13-5-4-12-29(30)31-14-6-11-25-20-22-38(47)42(39(25)31)41(32)37/h1-24H. The van der Waals surface area contributed by atoms with Crippen LogP contribution in [0.15, 0.2) is 146 Å². The number of hydrogen-bond acceptors (Lipinski definition) is 2. The summed E-state index contributed by atoms with van der Waals surface area (Å²) in [5.41, 5.74) is 13.7. The molecule has 0 atom stereocenters. The van der Waals surface area contributed by atoms with Gasteiger partial charge in [0, 0.05) is 38.5 Å². The van der Waals surface area contributed by atoms with Crippen LogP contribution in [0.5, 0.6) is 0 Å². The van der Waals surface area contributed by atoms with E-state index in [1.165, 1.54) is 104 Å². The fraction of sp³-hybridized carbons (Fsp3) is 0. The van der Waals surface area contributed by atoms with Gasteiger partial charge >= 0.3 is 0 Å². The van der Waals surface area contributed by atoms with Gasteiger partial charge in [0.2, 0.25) is 0 Å². The molecule has 8 aromatic carbocycles. The Kier molecular flexibility index (Phi) is 4.63. The molecule has 2 aliphatic carbocycles. The first-order valence-electron chi connectivity index (χ1n) is 16.5. The Labute approximate surface area is 279 Å². The third kappa shape index (κ3) is 3.05. The summed E-state index contributed by atoms with van der Waals surface area (Å²) >= 11 is 1.80. The predicted molar refractivity (Wildman–Crippen MR) is 203 cm³/mol. The Hall–Kier alpha value is -6.03. The van der Waals surface area contributed by atoms with E-state index in [1.807, 2.05) is 0 Å². The fourth-order valence-electron chi connectivity index (χ4n) is 8.71. The molecule has 0 fully saturated rings. The van der Waals surface area contributed by atoms with E-state index >= 15 is 0 Å². The Bertz CT molecular complexity index is 3050. The number of nitrogens with zero attached hydrogens (tertiary/aromatic N) is 2. The molecule has 10 aromatic rings. The minimum Gasteiger partial charge on any atom is -0.309 e. The number of hydrogen-bond donors (Lipinski definition) is 0. The summed E-state index contributed by atoms with van der Waals surface area (Å²) in [4.78, 5) is 6.49. The summed E-state index contributed by atoms with van der Waals surface area (Å²) in [6.07, 6.45) is 0. The van der Waals surface area contributed by atoms with Gasteiger partial charge in [0.15, 0.2) is 0 Å². The molecular weight excluding hydrogens is 601 g/mol. The number of aromatic nitrogens is 2.